The lowest BCUT2D eigenvalue weighted by Crippen LogP contribution is -2.50. The maximum absolute atomic E-state index is 12.3. The Kier molecular flexibility index (Phi) is 4.67. The Morgan fingerprint density at radius 1 is 1.57 bits per heavy atom. The largest absolute Gasteiger partial charge is 0.465 e. The highest BCUT2D eigenvalue weighted by molar-refractivity contribution is 5.95. The molecule has 21 heavy (non-hydrogen) atoms. The van der Waals surface area contributed by atoms with Gasteiger partial charge in [0.05, 0.1) is 13.2 Å². The Labute approximate surface area is 125 Å². The lowest BCUT2D eigenvalue weighted by Gasteiger charge is -2.53. The standard InChI is InChI=1S/C17H24O4/c1-11-5-4-6-13(9-18)16(20)7-15-14(11)8-17(15,3)10-21-12(2)19/h6,14-15,18H,1,4-5,7-10H2,2-3H3/b13-6-/t14-,15-,17+/m0/s1. The van der Waals surface area contributed by atoms with Gasteiger partial charge in [-0.1, -0.05) is 25.2 Å². The fraction of sp³-hybridized carbons (Fsp3) is 0.647. The average Bonchev–Trinajstić information content (AvgIpc) is 2.47. The van der Waals surface area contributed by atoms with E-state index in [1.807, 2.05) is 6.08 Å². The zero-order valence-corrected chi connectivity index (χ0v) is 12.9. The molecular formula is C17H24O4. The quantitative estimate of drug-likeness (QED) is 0.641. The molecule has 0 saturated heterocycles. The van der Waals surface area contributed by atoms with Gasteiger partial charge in [-0.2, -0.15) is 0 Å². The summed E-state index contributed by atoms with van der Waals surface area (Å²) in [5.74, 6) is 0.186. The molecule has 1 saturated carbocycles. The predicted molar refractivity (Wildman–Crippen MR) is 79.5 cm³/mol. The van der Waals surface area contributed by atoms with E-state index in [1.54, 1.807) is 0 Å². The third-order valence-corrected chi connectivity index (χ3v) is 4.99. The van der Waals surface area contributed by atoms with Gasteiger partial charge < -0.3 is 9.84 Å². The second-order valence-electron chi connectivity index (χ2n) is 6.56. The molecule has 4 nitrogen and oxygen atoms in total. The number of aliphatic hydroxyl groups is 1. The molecule has 4 heteroatoms. The highest BCUT2D eigenvalue weighted by atomic mass is 16.5. The van der Waals surface area contributed by atoms with E-state index in [0.29, 0.717) is 24.5 Å². The van der Waals surface area contributed by atoms with Crippen LogP contribution in [-0.4, -0.2) is 30.1 Å². The van der Waals surface area contributed by atoms with Crippen molar-refractivity contribution in [1.29, 1.82) is 0 Å². The molecule has 2 aliphatic rings. The number of ether oxygens (including phenoxy) is 1. The third-order valence-electron chi connectivity index (χ3n) is 4.99. The molecule has 3 atom stereocenters. The minimum atomic E-state index is -0.288. The predicted octanol–water partition coefficient (Wildman–Crippen LogP) is 2.42. The first-order chi connectivity index (χ1) is 9.87. The number of Topliss-reactive ketones (excluding diaryl/α,β-unsaturated/α-hetero) is 1. The van der Waals surface area contributed by atoms with Gasteiger partial charge in [-0.3, -0.25) is 9.59 Å². The number of esters is 1. The van der Waals surface area contributed by atoms with Crippen LogP contribution in [0.5, 0.6) is 0 Å². The molecule has 0 spiro atoms. The number of carbonyl (C=O) groups is 2. The summed E-state index contributed by atoms with van der Waals surface area (Å²) in [5, 5.41) is 9.33. The minimum Gasteiger partial charge on any atom is -0.465 e. The van der Waals surface area contributed by atoms with Crippen molar-refractivity contribution in [3.63, 3.8) is 0 Å². The van der Waals surface area contributed by atoms with Crippen molar-refractivity contribution >= 4 is 11.8 Å². The number of rotatable bonds is 3. The number of aliphatic hydroxyl groups excluding tert-OH is 1. The summed E-state index contributed by atoms with van der Waals surface area (Å²) < 4.78 is 5.18. The molecule has 2 rings (SSSR count). The van der Waals surface area contributed by atoms with Crippen LogP contribution in [0, 0.1) is 17.3 Å². The van der Waals surface area contributed by atoms with Crippen LogP contribution in [0.1, 0.15) is 39.5 Å². The lowest BCUT2D eigenvalue weighted by atomic mass is 9.51. The van der Waals surface area contributed by atoms with Crippen molar-refractivity contribution in [2.75, 3.05) is 13.2 Å². The van der Waals surface area contributed by atoms with Crippen LogP contribution >= 0.6 is 0 Å². The van der Waals surface area contributed by atoms with Gasteiger partial charge in [-0.25, -0.2) is 0 Å². The van der Waals surface area contributed by atoms with Gasteiger partial charge >= 0.3 is 5.97 Å². The van der Waals surface area contributed by atoms with Crippen LogP contribution in [0.4, 0.5) is 0 Å². The van der Waals surface area contributed by atoms with Gasteiger partial charge in [0.15, 0.2) is 5.78 Å². The third kappa shape index (κ3) is 3.26. The molecule has 0 bridgehead atoms. The van der Waals surface area contributed by atoms with Gasteiger partial charge in [0.2, 0.25) is 0 Å². The zero-order chi connectivity index (χ0) is 15.6. The van der Waals surface area contributed by atoms with E-state index < -0.39 is 0 Å². The number of carbonyl (C=O) groups excluding carboxylic acids is 2. The molecule has 1 N–H and O–H groups in total. The van der Waals surface area contributed by atoms with Crippen LogP contribution < -0.4 is 0 Å². The molecule has 0 heterocycles. The highest BCUT2D eigenvalue weighted by Crippen LogP contribution is 2.56. The van der Waals surface area contributed by atoms with Crippen molar-refractivity contribution in [3.05, 3.63) is 23.8 Å². The number of hydrogen-bond acceptors (Lipinski definition) is 4. The molecule has 0 aromatic rings. The first kappa shape index (κ1) is 16.0. The molecule has 0 radical (unpaired) electrons. The summed E-state index contributed by atoms with van der Waals surface area (Å²) in [6, 6.07) is 0. The van der Waals surface area contributed by atoms with Crippen molar-refractivity contribution in [3.8, 4) is 0 Å². The fourth-order valence-electron chi connectivity index (χ4n) is 3.59. The summed E-state index contributed by atoms with van der Waals surface area (Å²) in [7, 11) is 0. The van der Waals surface area contributed by atoms with Gasteiger partial charge in [-0.05, 0) is 31.1 Å². The van der Waals surface area contributed by atoms with Crippen LogP contribution in [0.25, 0.3) is 0 Å². The van der Waals surface area contributed by atoms with E-state index >= 15 is 0 Å². The Morgan fingerprint density at radius 3 is 2.90 bits per heavy atom. The van der Waals surface area contributed by atoms with Crippen molar-refractivity contribution in [2.24, 2.45) is 17.3 Å². The van der Waals surface area contributed by atoms with Crippen molar-refractivity contribution in [1.82, 2.24) is 0 Å². The van der Waals surface area contributed by atoms with E-state index in [-0.39, 0.29) is 29.7 Å². The Hall–Kier alpha value is -1.42. The Morgan fingerprint density at radius 2 is 2.29 bits per heavy atom. The second-order valence-corrected chi connectivity index (χ2v) is 6.56. The molecule has 2 aliphatic carbocycles. The molecule has 1 fully saturated rings. The highest BCUT2D eigenvalue weighted by Gasteiger charge is 2.52. The number of hydrogen-bond donors (Lipinski definition) is 1. The van der Waals surface area contributed by atoms with Gasteiger partial charge in [-0.15, -0.1) is 0 Å². The fourth-order valence-corrected chi connectivity index (χ4v) is 3.59. The van der Waals surface area contributed by atoms with Crippen LogP contribution in [0.3, 0.4) is 0 Å². The van der Waals surface area contributed by atoms with Crippen molar-refractivity contribution in [2.45, 2.75) is 39.5 Å². The second kappa shape index (κ2) is 6.14. The first-order valence-electron chi connectivity index (χ1n) is 7.51. The molecular weight excluding hydrogens is 268 g/mol. The van der Waals surface area contributed by atoms with E-state index in [2.05, 4.69) is 13.5 Å². The molecule has 0 unspecified atom stereocenters. The van der Waals surface area contributed by atoms with Crippen LogP contribution in [-0.2, 0) is 14.3 Å². The van der Waals surface area contributed by atoms with E-state index in [0.717, 1.165) is 19.3 Å². The molecule has 0 aliphatic heterocycles. The van der Waals surface area contributed by atoms with E-state index in [1.165, 1.54) is 12.5 Å². The average molecular weight is 292 g/mol. The monoisotopic (exact) mass is 292 g/mol. The smallest absolute Gasteiger partial charge is 0.302 e. The Balaban J connectivity index is 2.16. The summed E-state index contributed by atoms with van der Waals surface area (Å²) in [6.07, 6.45) is 4.74. The normalized spacial score (nSPS) is 35.5. The number of allylic oxidation sites excluding steroid dienone is 2. The maximum Gasteiger partial charge on any atom is 0.302 e. The minimum absolute atomic E-state index is 0.0101. The topological polar surface area (TPSA) is 63.6 Å². The van der Waals surface area contributed by atoms with Gasteiger partial charge in [0.25, 0.3) is 0 Å². The number of ketones is 1. The molecule has 0 amide bonds. The van der Waals surface area contributed by atoms with Crippen LogP contribution in [0.15, 0.2) is 23.8 Å². The lowest BCUT2D eigenvalue weighted by molar-refractivity contribution is -0.153. The van der Waals surface area contributed by atoms with Crippen LogP contribution in [0.2, 0.25) is 0 Å². The van der Waals surface area contributed by atoms with Gasteiger partial charge in [0.1, 0.15) is 0 Å². The van der Waals surface area contributed by atoms with E-state index in [9.17, 15) is 14.7 Å². The van der Waals surface area contributed by atoms with Gasteiger partial charge in [0, 0.05) is 24.3 Å². The first-order valence-corrected chi connectivity index (χ1v) is 7.51. The maximum atomic E-state index is 12.3. The summed E-state index contributed by atoms with van der Waals surface area (Å²) >= 11 is 0. The molecule has 0 aromatic heterocycles. The molecule has 0 aromatic carbocycles. The summed E-state index contributed by atoms with van der Waals surface area (Å²) in [5.41, 5.74) is 1.51. The zero-order valence-electron chi connectivity index (χ0n) is 12.9. The van der Waals surface area contributed by atoms with Crippen molar-refractivity contribution < 1.29 is 19.4 Å². The Bertz CT molecular complexity index is 491. The molecule has 116 valence electrons. The summed E-state index contributed by atoms with van der Waals surface area (Å²) in [4.78, 5) is 23.4. The summed E-state index contributed by atoms with van der Waals surface area (Å²) in [6.45, 7) is 7.78. The SMILES string of the molecule is C=C1CC/C=C(/CO)C(=O)C[C@H]2[C@H]1C[C@]2(C)COC(C)=O. The van der Waals surface area contributed by atoms with E-state index in [4.69, 9.17) is 4.74 Å². The number of fused-ring (bicyclic) bond motifs is 1.